The first-order chi connectivity index (χ1) is 9.70. The van der Waals surface area contributed by atoms with Crippen molar-refractivity contribution in [2.24, 2.45) is 5.92 Å². The summed E-state index contributed by atoms with van der Waals surface area (Å²) in [5, 5.41) is 0.485. The smallest absolute Gasteiger partial charge is 0.261 e. The van der Waals surface area contributed by atoms with Crippen LogP contribution in [0.2, 0.25) is 0 Å². The fourth-order valence-corrected chi connectivity index (χ4v) is 2.71. The van der Waals surface area contributed by atoms with Crippen molar-refractivity contribution in [3.63, 3.8) is 0 Å². The molecule has 0 aliphatic heterocycles. The van der Waals surface area contributed by atoms with Gasteiger partial charge in [-0.1, -0.05) is 31.9 Å². The molecule has 2 aromatic rings. The number of hydrogen-bond donors (Lipinski definition) is 0. The zero-order valence-electron chi connectivity index (χ0n) is 11.7. The highest BCUT2D eigenvalue weighted by Crippen LogP contribution is 2.33. The molecule has 3 nitrogen and oxygen atoms in total. The molecule has 1 atom stereocenters. The van der Waals surface area contributed by atoms with E-state index < -0.39 is 0 Å². The van der Waals surface area contributed by atoms with Gasteiger partial charge in [0.25, 0.3) is 5.56 Å². The maximum Gasteiger partial charge on any atom is 0.261 e. The Morgan fingerprint density at radius 2 is 2.15 bits per heavy atom. The molecule has 1 aliphatic carbocycles. The SMILES string of the molecule is CCC(Cl)c1nc2ccccc2c(=O)n1CCC1CC1. The molecule has 4 heteroatoms. The van der Waals surface area contributed by atoms with Gasteiger partial charge in [0.15, 0.2) is 0 Å². The third kappa shape index (κ3) is 2.59. The number of benzene rings is 1. The van der Waals surface area contributed by atoms with Gasteiger partial charge in [0.2, 0.25) is 0 Å². The van der Waals surface area contributed by atoms with Gasteiger partial charge < -0.3 is 0 Å². The Morgan fingerprint density at radius 1 is 1.40 bits per heavy atom. The maximum absolute atomic E-state index is 12.7. The number of hydrogen-bond acceptors (Lipinski definition) is 2. The summed E-state index contributed by atoms with van der Waals surface area (Å²) in [6, 6.07) is 7.51. The average Bonchev–Trinajstić information content (AvgIpc) is 3.29. The van der Waals surface area contributed by atoms with Crippen molar-refractivity contribution in [2.45, 2.75) is 44.5 Å². The highest BCUT2D eigenvalue weighted by molar-refractivity contribution is 6.20. The lowest BCUT2D eigenvalue weighted by Gasteiger charge is -2.16. The fourth-order valence-electron chi connectivity index (χ4n) is 2.54. The Balaban J connectivity index is 2.10. The second-order valence-electron chi connectivity index (χ2n) is 5.55. The number of fused-ring (bicyclic) bond motifs is 1. The molecule has 1 saturated carbocycles. The summed E-state index contributed by atoms with van der Waals surface area (Å²) < 4.78 is 1.79. The van der Waals surface area contributed by atoms with E-state index in [-0.39, 0.29) is 10.9 Å². The van der Waals surface area contributed by atoms with Gasteiger partial charge in [-0.25, -0.2) is 4.98 Å². The van der Waals surface area contributed by atoms with Crippen molar-refractivity contribution >= 4 is 22.5 Å². The molecule has 3 rings (SSSR count). The van der Waals surface area contributed by atoms with E-state index in [0.717, 1.165) is 36.6 Å². The van der Waals surface area contributed by atoms with Crippen LogP contribution < -0.4 is 5.56 Å². The average molecular weight is 291 g/mol. The van der Waals surface area contributed by atoms with E-state index in [1.165, 1.54) is 12.8 Å². The normalized spacial score (nSPS) is 16.5. The van der Waals surface area contributed by atoms with Gasteiger partial charge in [-0.2, -0.15) is 0 Å². The molecule has 1 aliphatic rings. The first-order valence-electron chi connectivity index (χ1n) is 7.34. The standard InChI is InChI=1S/C16H19ClN2O/c1-2-13(17)15-18-14-6-4-3-5-12(14)16(20)19(15)10-9-11-7-8-11/h3-6,11,13H,2,7-10H2,1H3. The molecule has 0 amide bonds. The van der Waals surface area contributed by atoms with Gasteiger partial charge in [-0.3, -0.25) is 9.36 Å². The van der Waals surface area contributed by atoms with Crippen molar-refractivity contribution in [2.75, 3.05) is 0 Å². The van der Waals surface area contributed by atoms with Crippen LogP contribution in [0.25, 0.3) is 10.9 Å². The number of alkyl halides is 1. The quantitative estimate of drug-likeness (QED) is 0.783. The van der Waals surface area contributed by atoms with Crippen LogP contribution in [0.3, 0.4) is 0 Å². The summed E-state index contributed by atoms with van der Waals surface area (Å²) in [4.78, 5) is 17.3. The van der Waals surface area contributed by atoms with Crippen LogP contribution in [0.15, 0.2) is 29.1 Å². The molecule has 0 radical (unpaired) electrons. The van der Waals surface area contributed by atoms with E-state index in [9.17, 15) is 4.79 Å². The topological polar surface area (TPSA) is 34.9 Å². The lowest BCUT2D eigenvalue weighted by atomic mass is 10.2. The van der Waals surface area contributed by atoms with Crippen LogP contribution >= 0.6 is 11.6 Å². The van der Waals surface area contributed by atoms with Crippen molar-refractivity contribution in [3.8, 4) is 0 Å². The first kappa shape index (κ1) is 13.6. The van der Waals surface area contributed by atoms with E-state index in [1.54, 1.807) is 4.57 Å². The summed E-state index contributed by atoms with van der Waals surface area (Å²) in [6.45, 7) is 2.75. The van der Waals surface area contributed by atoms with Gasteiger partial charge in [0.05, 0.1) is 16.3 Å². The molecule has 0 saturated heterocycles. The van der Waals surface area contributed by atoms with Gasteiger partial charge in [-0.05, 0) is 30.9 Å². The van der Waals surface area contributed by atoms with Crippen molar-refractivity contribution in [1.29, 1.82) is 0 Å². The van der Waals surface area contributed by atoms with Gasteiger partial charge in [0, 0.05) is 6.54 Å². The summed E-state index contributed by atoms with van der Waals surface area (Å²) >= 11 is 6.38. The molecule has 0 N–H and O–H groups in total. The molecule has 0 spiro atoms. The Morgan fingerprint density at radius 3 is 2.85 bits per heavy atom. The molecule has 1 fully saturated rings. The molecule has 0 bridgehead atoms. The van der Waals surface area contributed by atoms with E-state index in [1.807, 2.05) is 31.2 Å². The highest BCUT2D eigenvalue weighted by atomic mass is 35.5. The Bertz CT molecular complexity index is 676. The second-order valence-corrected chi connectivity index (χ2v) is 6.08. The summed E-state index contributed by atoms with van der Waals surface area (Å²) in [5.74, 6) is 1.51. The molecule has 106 valence electrons. The van der Waals surface area contributed by atoms with Gasteiger partial charge >= 0.3 is 0 Å². The summed E-state index contributed by atoms with van der Waals surface area (Å²) in [6.07, 6.45) is 4.42. The van der Waals surface area contributed by atoms with Gasteiger partial charge in [0.1, 0.15) is 5.82 Å². The van der Waals surface area contributed by atoms with E-state index >= 15 is 0 Å². The van der Waals surface area contributed by atoms with Crippen LogP contribution in [-0.4, -0.2) is 9.55 Å². The Labute approximate surface area is 123 Å². The van der Waals surface area contributed by atoms with Gasteiger partial charge in [-0.15, -0.1) is 11.6 Å². The zero-order chi connectivity index (χ0) is 14.1. The number of rotatable bonds is 5. The highest BCUT2D eigenvalue weighted by Gasteiger charge is 2.23. The predicted molar refractivity (Wildman–Crippen MR) is 82.2 cm³/mol. The van der Waals surface area contributed by atoms with Crippen molar-refractivity contribution in [3.05, 3.63) is 40.4 Å². The lowest BCUT2D eigenvalue weighted by Crippen LogP contribution is -2.26. The van der Waals surface area contributed by atoms with Crippen LogP contribution in [0.5, 0.6) is 0 Å². The minimum absolute atomic E-state index is 0.0466. The molecule has 1 aromatic heterocycles. The second kappa shape index (κ2) is 5.57. The molecule has 1 aromatic carbocycles. The number of aromatic nitrogens is 2. The largest absolute Gasteiger partial charge is 0.295 e. The molecule has 20 heavy (non-hydrogen) atoms. The summed E-state index contributed by atoms with van der Waals surface area (Å²) in [7, 11) is 0. The fraction of sp³-hybridized carbons (Fsp3) is 0.500. The lowest BCUT2D eigenvalue weighted by molar-refractivity contribution is 0.545. The minimum Gasteiger partial charge on any atom is -0.295 e. The molecular formula is C16H19ClN2O. The first-order valence-corrected chi connectivity index (χ1v) is 7.78. The molecule has 1 unspecified atom stereocenters. The zero-order valence-corrected chi connectivity index (χ0v) is 12.4. The minimum atomic E-state index is -0.202. The van der Waals surface area contributed by atoms with Crippen LogP contribution in [0, 0.1) is 5.92 Å². The molecular weight excluding hydrogens is 272 g/mol. The third-order valence-corrected chi connectivity index (χ3v) is 4.49. The van der Waals surface area contributed by atoms with Crippen LogP contribution in [-0.2, 0) is 6.54 Å². The van der Waals surface area contributed by atoms with E-state index in [4.69, 9.17) is 11.6 Å². The van der Waals surface area contributed by atoms with Crippen LogP contribution in [0.4, 0.5) is 0 Å². The molecule has 1 heterocycles. The van der Waals surface area contributed by atoms with Crippen molar-refractivity contribution < 1.29 is 0 Å². The Hall–Kier alpha value is -1.35. The number of nitrogens with zero attached hydrogens (tertiary/aromatic N) is 2. The van der Waals surface area contributed by atoms with Crippen molar-refractivity contribution in [1.82, 2.24) is 9.55 Å². The predicted octanol–water partition coefficient (Wildman–Crippen LogP) is 3.89. The number of para-hydroxylation sites is 1. The van der Waals surface area contributed by atoms with E-state index in [0.29, 0.717) is 5.39 Å². The third-order valence-electron chi connectivity index (χ3n) is 3.99. The van der Waals surface area contributed by atoms with Crippen LogP contribution in [0.1, 0.15) is 43.8 Å². The van der Waals surface area contributed by atoms with E-state index in [2.05, 4.69) is 4.98 Å². The monoisotopic (exact) mass is 290 g/mol. The number of halogens is 1. The summed E-state index contributed by atoms with van der Waals surface area (Å²) in [5.41, 5.74) is 0.791. The Kier molecular flexibility index (Phi) is 3.79. The maximum atomic E-state index is 12.7.